The van der Waals surface area contributed by atoms with Gasteiger partial charge in [0, 0.05) is 33.4 Å². The van der Waals surface area contributed by atoms with Crippen molar-refractivity contribution in [2.45, 2.75) is 19.8 Å². The van der Waals surface area contributed by atoms with Crippen molar-refractivity contribution in [3.8, 4) is 10.6 Å². The number of pyridine rings is 1. The van der Waals surface area contributed by atoms with E-state index in [9.17, 15) is 0 Å². The second kappa shape index (κ2) is 8.54. The van der Waals surface area contributed by atoms with Gasteiger partial charge < -0.3 is 5.11 Å². The smallest absolute Gasteiger partial charge is 0.0804 e. The molecule has 0 aromatic carbocycles. The van der Waals surface area contributed by atoms with Crippen LogP contribution in [0.3, 0.4) is 0 Å². The van der Waals surface area contributed by atoms with Crippen LogP contribution in [0, 0.1) is 0 Å². The molecule has 0 unspecified atom stereocenters. The number of aliphatic hydroxyl groups excluding tert-OH is 1. The van der Waals surface area contributed by atoms with Crippen molar-refractivity contribution in [3.05, 3.63) is 41.4 Å². The Labute approximate surface area is 120 Å². The van der Waals surface area contributed by atoms with E-state index in [4.69, 9.17) is 5.11 Å². The first kappa shape index (κ1) is 16.5. The molecule has 0 saturated carbocycles. The molecule has 0 aliphatic carbocycles. The van der Waals surface area contributed by atoms with Gasteiger partial charge in [-0.3, -0.25) is 4.98 Å². The number of aliphatic hydroxyl groups is 1. The monoisotopic (exact) mass is 428 g/mol. The van der Waals surface area contributed by atoms with E-state index in [1.165, 1.54) is 10.4 Å². The van der Waals surface area contributed by atoms with E-state index < -0.39 is 0 Å². The van der Waals surface area contributed by atoms with Crippen LogP contribution in [-0.4, -0.2) is 17.2 Å². The van der Waals surface area contributed by atoms with Gasteiger partial charge in [-0.05, 0) is 35.1 Å². The Morgan fingerprint density at radius 3 is 2.41 bits per heavy atom. The van der Waals surface area contributed by atoms with Gasteiger partial charge in [-0.2, -0.15) is 0 Å². The molecule has 0 bridgehead atoms. The SMILES string of the molecule is CC(C)c1ccsc1-c1ccccn1.CO.[Ir]. The molecule has 2 aromatic rings. The zero-order valence-corrected chi connectivity index (χ0v) is 13.4. The molecule has 2 nitrogen and oxygen atoms in total. The van der Waals surface area contributed by atoms with Crippen molar-refractivity contribution in [3.63, 3.8) is 0 Å². The first-order chi connectivity index (χ1) is 7.79. The van der Waals surface area contributed by atoms with Crippen molar-refractivity contribution in [2.24, 2.45) is 0 Å². The number of hydrogen-bond acceptors (Lipinski definition) is 3. The fourth-order valence-corrected chi connectivity index (χ4v) is 2.51. The van der Waals surface area contributed by atoms with Crippen molar-refractivity contribution >= 4 is 11.3 Å². The fraction of sp³-hybridized carbons (Fsp3) is 0.308. The molecule has 1 radical (unpaired) electrons. The third-order valence-corrected chi connectivity index (χ3v) is 3.17. The van der Waals surface area contributed by atoms with Crippen LogP contribution in [0.4, 0.5) is 0 Å². The van der Waals surface area contributed by atoms with Gasteiger partial charge in [0.25, 0.3) is 0 Å². The van der Waals surface area contributed by atoms with Gasteiger partial charge in [0.05, 0.1) is 10.6 Å². The third-order valence-electron chi connectivity index (χ3n) is 2.22. The maximum absolute atomic E-state index is 7.00. The molecule has 0 aliphatic rings. The summed E-state index contributed by atoms with van der Waals surface area (Å²) in [5, 5.41) is 9.14. The van der Waals surface area contributed by atoms with Gasteiger partial charge in [0.1, 0.15) is 0 Å². The molecule has 95 valence electrons. The van der Waals surface area contributed by atoms with Crippen LogP contribution in [0.5, 0.6) is 0 Å². The molecule has 0 amide bonds. The standard InChI is InChI=1S/C12H13NS.CH4O.Ir/c1-9(2)10-6-8-14-12(10)11-5-3-4-7-13-11;1-2;/h3-9H,1-2H3;2H,1H3;. The van der Waals surface area contributed by atoms with E-state index in [1.54, 1.807) is 11.3 Å². The van der Waals surface area contributed by atoms with Gasteiger partial charge in [-0.25, -0.2) is 0 Å². The van der Waals surface area contributed by atoms with Crippen LogP contribution in [-0.2, 0) is 20.1 Å². The Kier molecular flexibility index (Phi) is 8.26. The Bertz CT molecular complexity index is 414. The van der Waals surface area contributed by atoms with Gasteiger partial charge in [-0.1, -0.05) is 19.9 Å². The van der Waals surface area contributed by atoms with E-state index in [2.05, 4.69) is 36.3 Å². The number of nitrogens with zero attached hydrogens (tertiary/aromatic N) is 1. The summed E-state index contributed by atoms with van der Waals surface area (Å²) >= 11 is 1.77. The summed E-state index contributed by atoms with van der Waals surface area (Å²) in [6, 6.07) is 8.25. The number of aromatic nitrogens is 1. The van der Waals surface area contributed by atoms with E-state index in [-0.39, 0.29) is 20.1 Å². The van der Waals surface area contributed by atoms with E-state index >= 15 is 0 Å². The molecule has 0 fully saturated rings. The summed E-state index contributed by atoms with van der Waals surface area (Å²) in [4.78, 5) is 5.68. The van der Waals surface area contributed by atoms with Crippen LogP contribution < -0.4 is 0 Å². The van der Waals surface area contributed by atoms with Crippen molar-refractivity contribution in [1.82, 2.24) is 4.98 Å². The van der Waals surface area contributed by atoms with Crippen LogP contribution >= 0.6 is 11.3 Å². The second-order valence-electron chi connectivity index (χ2n) is 3.57. The molecule has 0 aliphatic heterocycles. The molecule has 2 aromatic heterocycles. The number of thiophene rings is 1. The minimum atomic E-state index is 0. The summed E-state index contributed by atoms with van der Waals surface area (Å²) in [7, 11) is 1.00. The molecule has 4 heteroatoms. The molecule has 2 heterocycles. The van der Waals surface area contributed by atoms with Crippen LogP contribution in [0.1, 0.15) is 25.3 Å². The van der Waals surface area contributed by atoms with Gasteiger partial charge in [0.2, 0.25) is 0 Å². The molecule has 0 spiro atoms. The second-order valence-corrected chi connectivity index (χ2v) is 4.49. The van der Waals surface area contributed by atoms with Crippen molar-refractivity contribution in [2.75, 3.05) is 7.11 Å². The predicted octanol–water partition coefficient (Wildman–Crippen LogP) is 3.54. The number of rotatable bonds is 2. The van der Waals surface area contributed by atoms with E-state index in [0.717, 1.165) is 12.8 Å². The zero-order valence-electron chi connectivity index (χ0n) is 10.2. The Balaban J connectivity index is 0.000000811. The topological polar surface area (TPSA) is 33.1 Å². The van der Waals surface area contributed by atoms with Crippen LogP contribution in [0.15, 0.2) is 35.8 Å². The maximum Gasteiger partial charge on any atom is 0.0804 e. The summed E-state index contributed by atoms with van der Waals surface area (Å²) in [6.07, 6.45) is 1.85. The molecule has 2 rings (SSSR count). The van der Waals surface area contributed by atoms with Crippen LogP contribution in [0.2, 0.25) is 0 Å². The molecular formula is C13H17IrNOS. The zero-order chi connectivity index (χ0) is 12.0. The van der Waals surface area contributed by atoms with Crippen molar-refractivity contribution < 1.29 is 25.2 Å². The molecule has 0 atom stereocenters. The summed E-state index contributed by atoms with van der Waals surface area (Å²) in [6.45, 7) is 4.43. The quantitative estimate of drug-likeness (QED) is 0.795. The molecule has 0 saturated heterocycles. The first-order valence-electron chi connectivity index (χ1n) is 5.22. The first-order valence-corrected chi connectivity index (χ1v) is 6.10. The molecule has 17 heavy (non-hydrogen) atoms. The molecular weight excluding hydrogens is 410 g/mol. The fourth-order valence-electron chi connectivity index (χ4n) is 1.48. The largest absolute Gasteiger partial charge is 0.400 e. The van der Waals surface area contributed by atoms with E-state index in [1.807, 2.05) is 18.3 Å². The summed E-state index contributed by atoms with van der Waals surface area (Å²) in [5.41, 5.74) is 2.49. The van der Waals surface area contributed by atoms with Crippen LogP contribution in [0.25, 0.3) is 10.6 Å². The average Bonchev–Trinajstić information content (AvgIpc) is 2.82. The Hall–Kier alpha value is -0.541. The number of hydrogen-bond donors (Lipinski definition) is 1. The van der Waals surface area contributed by atoms with Crippen molar-refractivity contribution in [1.29, 1.82) is 0 Å². The predicted molar refractivity (Wildman–Crippen MR) is 69.8 cm³/mol. The van der Waals surface area contributed by atoms with Gasteiger partial charge >= 0.3 is 0 Å². The average molecular weight is 428 g/mol. The minimum absolute atomic E-state index is 0. The Morgan fingerprint density at radius 1 is 1.18 bits per heavy atom. The molecule has 1 N–H and O–H groups in total. The minimum Gasteiger partial charge on any atom is -0.400 e. The summed E-state index contributed by atoms with van der Waals surface area (Å²) < 4.78 is 0. The van der Waals surface area contributed by atoms with Gasteiger partial charge in [0.15, 0.2) is 0 Å². The normalized spacial score (nSPS) is 9.24. The summed E-state index contributed by atoms with van der Waals surface area (Å²) in [5.74, 6) is 0.568. The Morgan fingerprint density at radius 2 is 1.88 bits per heavy atom. The maximum atomic E-state index is 7.00. The van der Waals surface area contributed by atoms with E-state index in [0.29, 0.717) is 5.92 Å². The van der Waals surface area contributed by atoms with Gasteiger partial charge in [-0.15, -0.1) is 11.3 Å². The third kappa shape index (κ3) is 4.32.